The molecule has 1 saturated heterocycles. The third-order valence-electron chi connectivity index (χ3n) is 5.29. The zero-order valence-electron chi connectivity index (χ0n) is 16.7. The number of aromatic nitrogens is 2. The van der Waals surface area contributed by atoms with Crippen LogP contribution in [-0.4, -0.2) is 70.3 Å². The number of carbonyl (C=O) groups is 3. The summed E-state index contributed by atoms with van der Waals surface area (Å²) in [4.78, 5) is 40.4. The van der Waals surface area contributed by atoms with Gasteiger partial charge in [-0.25, -0.2) is 4.79 Å². The first-order valence-corrected chi connectivity index (χ1v) is 10.0. The minimum Gasteiger partial charge on any atom is -0.466 e. The van der Waals surface area contributed by atoms with E-state index in [9.17, 15) is 14.4 Å². The minimum atomic E-state index is -0.328. The molecule has 3 amide bonds. The lowest BCUT2D eigenvalue weighted by molar-refractivity contribution is -0.142. The summed E-state index contributed by atoms with van der Waals surface area (Å²) >= 11 is 0. The monoisotopic (exact) mass is 391 g/mol. The van der Waals surface area contributed by atoms with Crippen molar-refractivity contribution in [3.8, 4) is 0 Å². The van der Waals surface area contributed by atoms with Crippen LogP contribution in [0.15, 0.2) is 0 Å². The van der Waals surface area contributed by atoms with Gasteiger partial charge in [0.15, 0.2) is 5.69 Å². The van der Waals surface area contributed by atoms with Crippen LogP contribution in [0.1, 0.15) is 54.4 Å². The van der Waals surface area contributed by atoms with Crippen LogP contribution < -0.4 is 5.32 Å². The van der Waals surface area contributed by atoms with Crippen molar-refractivity contribution in [1.82, 2.24) is 24.9 Å². The van der Waals surface area contributed by atoms with Crippen LogP contribution in [0.3, 0.4) is 0 Å². The van der Waals surface area contributed by atoms with Gasteiger partial charge in [0.2, 0.25) is 0 Å². The van der Waals surface area contributed by atoms with Gasteiger partial charge >= 0.3 is 12.0 Å². The molecule has 2 aliphatic heterocycles. The third-order valence-corrected chi connectivity index (χ3v) is 5.29. The van der Waals surface area contributed by atoms with Gasteiger partial charge in [-0.1, -0.05) is 0 Å². The Kier molecular flexibility index (Phi) is 6.53. The lowest BCUT2D eigenvalue weighted by Crippen LogP contribution is -2.44. The summed E-state index contributed by atoms with van der Waals surface area (Å²) in [6.07, 6.45) is 4.00. The number of esters is 1. The average molecular weight is 391 g/mol. The first-order chi connectivity index (χ1) is 13.5. The van der Waals surface area contributed by atoms with E-state index in [0.717, 1.165) is 43.6 Å². The normalized spacial score (nSPS) is 16.5. The van der Waals surface area contributed by atoms with E-state index in [0.29, 0.717) is 31.8 Å². The van der Waals surface area contributed by atoms with Crippen molar-refractivity contribution >= 4 is 17.9 Å². The van der Waals surface area contributed by atoms with Crippen molar-refractivity contribution in [3.05, 3.63) is 17.0 Å². The lowest BCUT2D eigenvalue weighted by Gasteiger charge is -2.29. The molecule has 154 valence electrons. The number of likely N-dealkylation sites (tertiary alicyclic amines) is 1. The van der Waals surface area contributed by atoms with Crippen molar-refractivity contribution in [2.75, 3.05) is 32.8 Å². The Balaban J connectivity index is 1.64. The van der Waals surface area contributed by atoms with Crippen molar-refractivity contribution < 1.29 is 19.1 Å². The second-order valence-corrected chi connectivity index (χ2v) is 7.21. The second kappa shape index (κ2) is 9.07. The Labute approximate surface area is 165 Å². The zero-order chi connectivity index (χ0) is 20.1. The highest BCUT2D eigenvalue weighted by molar-refractivity contribution is 5.94. The first-order valence-electron chi connectivity index (χ1n) is 10.0. The van der Waals surface area contributed by atoms with E-state index in [1.807, 2.05) is 11.9 Å². The highest BCUT2D eigenvalue weighted by Gasteiger charge is 2.31. The molecule has 0 unspecified atom stereocenters. The van der Waals surface area contributed by atoms with Crippen LogP contribution in [-0.2, 0) is 29.5 Å². The summed E-state index contributed by atoms with van der Waals surface area (Å²) in [5, 5.41) is 7.23. The minimum absolute atomic E-state index is 0.0406. The fourth-order valence-corrected chi connectivity index (χ4v) is 3.80. The van der Waals surface area contributed by atoms with Gasteiger partial charge in [-0.2, -0.15) is 5.10 Å². The summed E-state index contributed by atoms with van der Waals surface area (Å²) < 4.78 is 6.63. The molecular weight excluding hydrogens is 362 g/mol. The predicted molar refractivity (Wildman–Crippen MR) is 102 cm³/mol. The number of rotatable bonds is 5. The molecular formula is C19H29N5O4. The highest BCUT2D eigenvalue weighted by atomic mass is 16.5. The molecule has 1 fully saturated rings. The summed E-state index contributed by atoms with van der Waals surface area (Å²) in [5.41, 5.74) is 2.31. The first kappa shape index (κ1) is 20.2. The number of piperidine rings is 1. The molecule has 0 atom stereocenters. The third kappa shape index (κ3) is 4.45. The molecule has 1 aromatic rings. The van der Waals surface area contributed by atoms with Crippen molar-refractivity contribution in [2.24, 2.45) is 7.05 Å². The summed E-state index contributed by atoms with van der Waals surface area (Å²) in [5.74, 6) is -0.369. The van der Waals surface area contributed by atoms with Gasteiger partial charge in [-0.3, -0.25) is 14.3 Å². The maximum Gasteiger partial charge on any atom is 0.317 e. The molecule has 0 aliphatic carbocycles. The molecule has 3 heterocycles. The van der Waals surface area contributed by atoms with E-state index >= 15 is 0 Å². The number of carbonyl (C=O) groups excluding carboxylic acids is 3. The second-order valence-electron chi connectivity index (χ2n) is 7.21. The van der Waals surface area contributed by atoms with Crippen LogP contribution in [0, 0.1) is 0 Å². The van der Waals surface area contributed by atoms with E-state index in [-0.39, 0.29) is 30.9 Å². The molecule has 0 aromatic carbocycles. The molecule has 2 aliphatic rings. The Morgan fingerprint density at radius 3 is 2.57 bits per heavy atom. The van der Waals surface area contributed by atoms with Crippen molar-refractivity contribution in [2.45, 2.75) is 45.6 Å². The molecule has 1 N–H and O–H groups in total. The molecule has 0 spiro atoms. The SMILES string of the molecule is CCOC(=O)CCNC(=O)N1CCc2c(c(C(=O)N3CCCCC3)nn2C)C1. The van der Waals surface area contributed by atoms with Crippen molar-refractivity contribution in [3.63, 3.8) is 0 Å². The number of fused-ring (bicyclic) bond motifs is 1. The van der Waals surface area contributed by atoms with Crippen LogP contribution in [0.4, 0.5) is 4.79 Å². The molecule has 1 aromatic heterocycles. The van der Waals surface area contributed by atoms with Gasteiger partial charge in [0.05, 0.1) is 19.6 Å². The van der Waals surface area contributed by atoms with Crippen LogP contribution in [0.2, 0.25) is 0 Å². The summed E-state index contributed by atoms with van der Waals surface area (Å²) in [6, 6.07) is -0.241. The molecule has 3 rings (SSSR count). The maximum absolute atomic E-state index is 12.9. The molecule has 0 bridgehead atoms. The lowest BCUT2D eigenvalue weighted by atomic mass is 10.0. The quantitative estimate of drug-likeness (QED) is 0.758. The fraction of sp³-hybridized carbons (Fsp3) is 0.684. The van der Waals surface area contributed by atoms with Gasteiger partial charge < -0.3 is 19.9 Å². The molecule has 9 heteroatoms. The zero-order valence-corrected chi connectivity index (χ0v) is 16.7. The smallest absolute Gasteiger partial charge is 0.317 e. The van der Waals surface area contributed by atoms with Gasteiger partial charge in [0, 0.05) is 50.9 Å². The Morgan fingerprint density at radius 2 is 1.86 bits per heavy atom. The van der Waals surface area contributed by atoms with E-state index in [2.05, 4.69) is 10.4 Å². The molecule has 0 saturated carbocycles. The number of urea groups is 1. The number of ether oxygens (including phenoxy) is 1. The maximum atomic E-state index is 12.9. The van der Waals surface area contributed by atoms with E-state index < -0.39 is 0 Å². The summed E-state index contributed by atoms with van der Waals surface area (Å²) in [7, 11) is 1.85. The van der Waals surface area contributed by atoms with E-state index in [1.54, 1.807) is 16.5 Å². The molecule has 9 nitrogen and oxygen atoms in total. The number of hydrogen-bond acceptors (Lipinski definition) is 5. The van der Waals surface area contributed by atoms with Crippen LogP contribution >= 0.6 is 0 Å². The van der Waals surface area contributed by atoms with Gasteiger partial charge in [-0.15, -0.1) is 0 Å². The number of amides is 3. The van der Waals surface area contributed by atoms with Gasteiger partial charge in [0.1, 0.15) is 0 Å². The van der Waals surface area contributed by atoms with Gasteiger partial charge in [-0.05, 0) is 26.2 Å². The van der Waals surface area contributed by atoms with E-state index in [4.69, 9.17) is 4.74 Å². The average Bonchev–Trinajstić information content (AvgIpc) is 3.04. The summed E-state index contributed by atoms with van der Waals surface area (Å²) in [6.45, 7) is 4.74. The van der Waals surface area contributed by atoms with Crippen LogP contribution in [0.5, 0.6) is 0 Å². The Bertz CT molecular complexity index is 739. The number of nitrogens with one attached hydrogen (secondary N) is 1. The standard InChI is InChI=1S/C19H29N5O4/c1-3-28-16(25)7-9-20-19(27)24-12-8-15-14(13-24)17(21-22(15)2)18(26)23-10-5-4-6-11-23/h3-13H2,1-2H3,(H,20,27). The number of hydrogen-bond donors (Lipinski definition) is 1. The fourth-order valence-electron chi connectivity index (χ4n) is 3.80. The Hall–Kier alpha value is -2.58. The number of aryl methyl sites for hydroxylation is 1. The molecule has 0 radical (unpaired) electrons. The van der Waals surface area contributed by atoms with Crippen molar-refractivity contribution in [1.29, 1.82) is 0 Å². The molecule has 28 heavy (non-hydrogen) atoms. The van der Waals surface area contributed by atoms with Crippen LogP contribution in [0.25, 0.3) is 0 Å². The highest BCUT2D eigenvalue weighted by Crippen LogP contribution is 2.24. The Morgan fingerprint density at radius 1 is 1.11 bits per heavy atom. The van der Waals surface area contributed by atoms with E-state index in [1.165, 1.54) is 0 Å². The number of nitrogens with zero attached hydrogens (tertiary/aromatic N) is 4. The van der Waals surface area contributed by atoms with Gasteiger partial charge in [0.25, 0.3) is 5.91 Å². The predicted octanol–water partition coefficient (Wildman–Crippen LogP) is 1.07. The largest absolute Gasteiger partial charge is 0.466 e. The topological polar surface area (TPSA) is 96.8 Å².